The van der Waals surface area contributed by atoms with Crippen LogP contribution in [0.15, 0.2) is 70.4 Å². The summed E-state index contributed by atoms with van der Waals surface area (Å²) in [4.78, 5) is 50.3. The number of hydrogen-bond acceptors (Lipinski definition) is 8. The molecule has 184 valence electrons. The zero-order valence-corrected chi connectivity index (χ0v) is 19.8. The number of esters is 1. The summed E-state index contributed by atoms with van der Waals surface area (Å²) in [7, 11) is 4.08. The molecule has 0 spiro atoms. The van der Waals surface area contributed by atoms with Crippen LogP contribution in [0.2, 0.25) is 0 Å². The summed E-state index contributed by atoms with van der Waals surface area (Å²) in [5, 5.41) is 4.56. The van der Waals surface area contributed by atoms with Crippen molar-refractivity contribution in [3.63, 3.8) is 0 Å². The summed E-state index contributed by atoms with van der Waals surface area (Å²) >= 11 is 0. The Balaban J connectivity index is 1.68. The van der Waals surface area contributed by atoms with E-state index in [0.717, 1.165) is 9.13 Å². The quantitative estimate of drug-likeness (QED) is 0.305. The summed E-state index contributed by atoms with van der Waals surface area (Å²) < 4.78 is 13.8. The van der Waals surface area contributed by atoms with Crippen molar-refractivity contribution in [3.05, 3.63) is 92.8 Å². The van der Waals surface area contributed by atoms with Crippen LogP contribution in [0.3, 0.4) is 0 Å². The molecule has 0 bridgehead atoms. The van der Waals surface area contributed by atoms with E-state index in [1.165, 1.54) is 32.1 Å². The second-order valence-corrected chi connectivity index (χ2v) is 7.87. The SMILES string of the molecule is COc1cccc(-c2nn(-c3ccccc3)cc2C(=O)OCC(=O)c2c(N)n(C)c(=O)n(C)c2=O)c1. The lowest BCUT2D eigenvalue weighted by molar-refractivity contribution is 0.0475. The first-order valence-corrected chi connectivity index (χ1v) is 10.8. The van der Waals surface area contributed by atoms with Gasteiger partial charge < -0.3 is 15.2 Å². The molecular weight excluding hydrogens is 466 g/mol. The van der Waals surface area contributed by atoms with Gasteiger partial charge in [0.1, 0.15) is 28.4 Å². The van der Waals surface area contributed by atoms with E-state index < -0.39 is 35.2 Å². The van der Waals surface area contributed by atoms with E-state index in [1.807, 2.05) is 30.3 Å². The molecule has 0 amide bonds. The van der Waals surface area contributed by atoms with Crippen molar-refractivity contribution in [1.82, 2.24) is 18.9 Å². The maximum atomic E-state index is 13.1. The molecule has 11 nitrogen and oxygen atoms in total. The number of para-hydroxylation sites is 1. The summed E-state index contributed by atoms with van der Waals surface area (Å²) in [6.45, 7) is -0.759. The highest BCUT2D eigenvalue weighted by molar-refractivity contribution is 6.03. The van der Waals surface area contributed by atoms with Crippen LogP contribution in [-0.4, -0.2) is 44.4 Å². The fourth-order valence-electron chi connectivity index (χ4n) is 3.62. The normalized spacial score (nSPS) is 10.8. The second-order valence-electron chi connectivity index (χ2n) is 7.87. The molecule has 4 rings (SSSR count). The number of ketones is 1. The summed E-state index contributed by atoms with van der Waals surface area (Å²) in [6, 6.07) is 16.1. The van der Waals surface area contributed by atoms with Crippen molar-refractivity contribution in [1.29, 1.82) is 0 Å². The van der Waals surface area contributed by atoms with Crippen molar-refractivity contribution >= 4 is 17.6 Å². The average Bonchev–Trinajstić information content (AvgIpc) is 3.36. The molecule has 0 aliphatic carbocycles. The summed E-state index contributed by atoms with van der Waals surface area (Å²) in [5.74, 6) is -1.41. The molecule has 0 aliphatic rings. The Morgan fingerprint density at radius 2 is 1.72 bits per heavy atom. The van der Waals surface area contributed by atoms with Crippen molar-refractivity contribution in [2.24, 2.45) is 14.1 Å². The number of ether oxygens (including phenoxy) is 2. The van der Waals surface area contributed by atoms with E-state index in [1.54, 1.807) is 24.3 Å². The van der Waals surface area contributed by atoms with Gasteiger partial charge in [-0.25, -0.2) is 14.3 Å². The Labute approximate surface area is 204 Å². The molecule has 0 radical (unpaired) electrons. The van der Waals surface area contributed by atoms with Crippen LogP contribution in [0.1, 0.15) is 20.7 Å². The average molecular weight is 489 g/mol. The fourth-order valence-corrected chi connectivity index (χ4v) is 3.62. The predicted molar refractivity (Wildman–Crippen MR) is 132 cm³/mol. The molecule has 11 heteroatoms. The largest absolute Gasteiger partial charge is 0.497 e. The molecule has 2 aromatic heterocycles. The van der Waals surface area contributed by atoms with Crippen LogP contribution < -0.4 is 21.7 Å². The lowest BCUT2D eigenvalue weighted by Crippen LogP contribution is -2.42. The number of hydrogen-bond donors (Lipinski definition) is 1. The summed E-state index contributed by atoms with van der Waals surface area (Å²) in [6.07, 6.45) is 1.50. The van der Waals surface area contributed by atoms with Gasteiger partial charge in [0.05, 0.1) is 12.8 Å². The molecule has 0 saturated carbocycles. The number of nitrogen functional groups attached to an aromatic ring is 1. The van der Waals surface area contributed by atoms with Crippen molar-refractivity contribution in [3.8, 4) is 22.7 Å². The van der Waals surface area contributed by atoms with Crippen LogP contribution in [-0.2, 0) is 18.8 Å². The zero-order valence-electron chi connectivity index (χ0n) is 19.8. The minimum absolute atomic E-state index is 0.0984. The van der Waals surface area contributed by atoms with E-state index in [0.29, 0.717) is 22.7 Å². The number of benzene rings is 2. The van der Waals surface area contributed by atoms with Gasteiger partial charge in [-0.15, -0.1) is 0 Å². The Hall–Kier alpha value is -4.93. The van der Waals surface area contributed by atoms with Crippen LogP contribution in [0, 0.1) is 0 Å². The molecule has 36 heavy (non-hydrogen) atoms. The zero-order chi connectivity index (χ0) is 26.0. The molecule has 0 saturated heterocycles. The van der Waals surface area contributed by atoms with Crippen molar-refractivity contribution < 1.29 is 19.1 Å². The maximum absolute atomic E-state index is 13.1. The minimum atomic E-state index is -0.870. The second kappa shape index (κ2) is 9.74. The van der Waals surface area contributed by atoms with Gasteiger partial charge in [0, 0.05) is 25.9 Å². The Bertz CT molecular complexity index is 1580. The number of carbonyl (C=O) groups is 2. The smallest absolute Gasteiger partial charge is 0.342 e. The summed E-state index contributed by atoms with van der Waals surface area (Å²) in [5.41, 5.74) is 5.57. The number of nitrogens with two attached hydrogens (primary N) is 1. The van der Waals surface area contributed by atoms with Gasteiger partial charge in [0.2, 0.25) is 5.78 Å². The third-order valence-electron chi connectivity index (χ3n) is 5.62. The van der Waals surface area contributed by atoms with Crippen LogP contribution in [0.4, 0.5) is 5.82 Å². The number of anilines is 1. The van der Waals surface area contributed by atoms with Gasteiger partial charge in [-0.3, -0.25) is 18.7 Å². The van der Waals surface area contributed by atoms with Gasteiger partial charge in [-0.2, -0.15) is 5.10 Å². The number of aromatic nitrogens is 4. The number of rotatable bonds is 7. The highest BCUT2D eigenvalue weighted by atomic mass is 16.5. The third kappa shape index (κ3) is 4.41. The van der Waals surface area contributed by atoms with Crippen molar-refractivity contribution in [2.75, 3.05) is 19.5 Å². The van der Waals surface area contributed by atoms with E-state index >= 15 is 0 Å². The molecule has 2 heterocycles. The van der Waals surface area contributed by atoms with Gasteiger partial charge in [0.25, 0.3) is 5.56 Å². The third-order valence-corrected chi connectivity index (χ3v) is 5.62. The minimum Gasteiger partial charge on any atom is -0.497 e. The first-order chi connectivity index (χ1) is 17.2. The Morgan fingerprint density at radius 1 is 1.00 bits per heavy atom. The Morgan fingerprint density at radius 3 is 2.42 bits per heavy atom. The maximum Gasteiger partial charge on any atom is 0.342 e. The van der Waals surface area contributed by atoms with E-state index in [4.69, 9.17) is 15.2 Å². The van der Waals surface area contributed by atoms with Crippen molar-refractivity contribution in [2.45, 2.75) is 0 Å². The highest BCUT2D eigenvalue weighted by Crippen LogP contribution is 2.27. The number of Topliss-reactive ketones (excluding diaryl/α,β-unsaturated/α-hetero) is 1. The number of nitrogens with zero attached hydrogens (tertiary/aromatic N) is 4. The van der Waals surface area contributed by atoms with Crippen LogP contribution in [0.5, 0.6) is 5.75 Å². The monoisotopic (exact) mass is 489 g/mol. The molecule has 0 unspecified atom stereocenters. The molecule has 0 fully saturated rings. The van der Waals surface area contributed by atoms with Crippen LogP contribution >= 0.6 is 0 Å². The lowest BCUT2D eigenvalue weighted by atomic mass is 10.1. The van der Waals surface area contributed by atoms with Gasteiger partial charge >= 0.3 is 11.7 Å². The van der Waals surface area contributed by atoms with Gasteiger partial charge in [-0.1, -0.05) is 30.3 Å². The Kier molecular flexibility index (Phi) is 6.55. The molecule has 2 aromatic carbocycles. The lowest BCUT2D eigenvalue weighted by Gasteiger charge is -2.11. The van der Waals surface area contributed by atoms with E-state index in [2.05, 4.69) is 5.10 Å². The predicted octanol–water partition coefficient (Wildman–Crippen LogP) is 1.57. The first kappa shape index (κ1) is 24.2. The standard InChI is InChI=1S/C25H23N5O6/c1-28-22(26)20(23(32)29(2)25(28)34)19(31)14-36-24(33)18-13-30(16-9-5-4-6-10-16)27-21(18)15-8-7-11-17(12-15)35-3/h4-13H,14,26H2,1-3H3. The van der Waals surface area contributed by atoms with Gasteiger partial charge in [0.15, 0.2) is 6.61 Å². The van der Waals surface area contributed by atoms with Crippen LogP contribution in [0.25, 0.3) is 16.9 Å². The molecule has 0 atom stereocenters. The molecule has 0 aliphatic heterocycles. The molecular formula is C25H23N5O6. The number of methoxy groups -OCH3 is 1. The highest BCUT2D eigenvalue weighted by Gasteiger charge is 2.24. The molecule has 4 aromatic rings. The number of carbonyl (C=O) groups excluding carboxylic acids is 2. The van der Waals surface area contributed by atoms with E-state index in [-0.39, 0.29) is 11.4 Å². The first-order valence-electron chi connectivity index (χ1n) is 10.8. The van der Waals surface area contributed by atoms with Gasteiger partial charge in [-0.05, 0) is 24.3 Å². The fraction of sp³-hybridized carbons (Fsp3) is 0.160. The van der Waals surface area contributed by atoms with E-state index in [9.17, 15) is 19.2 Å². The molecule has 2 N–H and O–H groups in total. The topological polar surface area (TPSA) is 140 Å².